The molecule has 1 aliphatic carbocycles. The van der Waals surface area contributed by atoms with Gasteiger partial charge in [-0.3, -0.25) is 4.79 Å². The summed E-state index contributed by atoms with van der Waals surface area (Å²) in [7, 11) is 0. The van der Waals surface area contributed by atoms with Gasteiger partial charge in [0, 0.05) is 19.1 Å². The van der Waals surface area contributed by atoms with Crippen LogP contribution >= 0.6 is 0 Å². The Kier molecular flexibility index (Phi) is 2.92. The van der Waals surface area contributed by atoms with Crippen LogP contribution in [0.1, 0.15) is 38.5 Å². The summed E-state index contributed by atoms with van der Waals surface area (Å²) in [6.07, 6.45) is 5.85. The van der Waals surface area contributed by atoms with Crippen molar-refractivity contribution in [3.05, 3.63) is 0 Å². The summed E-state index contributed by atoms with van der Waals surface area (Å²) in [4.78, 5) is 27.4. The molecule has 3 rings (SSSR count). The third-order valence-electron chi connectivity index (χ3n) is 4.72. The number of aliphatic carboxylic acids is 1. The zero-order valence-electron chi connectivity index (χ0n) is 10.5. The molecule has 1 saturated carbocycles. The number of rotatable bonds is 2. The van der Waals surface area contributed by atoms with Crippen LogP contribution in [0.5, 0.6) is 0 Å². The summed E-state index contributed by atoms with van der Waals surface area (Å²) >= 11 is 0. The molecule has 0 spiro atoms. The third-order valence-corrected chi connectivity index (χ3v) is 4.72. The molecular formula is C13H20N2O3. The highest BCUT2D eigenvalue weighted by atomic mass is 16.4. The second-order valence-corrected chi connectivity index (χ2v) is 5.72. The fourth-order valence-corrected chi connectivity index (χ4v) is 3.79. The van der Waals surface area contributed by atoms with Crippen LogP contribution < -0.4 is 0 Å². The summed E-state index contributed by atoms with van der Waals surface area (Å²) in [5, 5.41) is 9.24. The first-order chi connectivity index (χ1) is 8.68. The van der Waals surface area contributed by atoms with E-state index in [0.717, 1.165) is 38.8 Å². The molecule has 5 heteroatoms. The highest BCUT2D eigenvalue weighted by Crippen LogP contribution is 2.35. The minimum Gasteiger partial charge on any atom is -0.481 e. The highest BCUT2D eigenvalue weighted by Gasteiger charge is 2.46. The molecule has 2 heterocycles. The first-order valence-corrected chi connectivity index (χ1v) is 6.98. The monoisotopic (exact) mass is 252 g/mol. The summed E-state index contributed by atoms with van der Waals surface area (Å²) in [6.45, 7) is 1.59. The second kappa shape index (κ2) is 4.44. The van der Waals surface area contributed by atoms with Crippen molar-refractivity contribution in [2.24, 2.45) is 5.92 Å². The molecule has 1 N–H and O–H groups in total. The number of hydrogen-bond acceptors (Lipinski definition) is 2. The van der Waals surface area contributed by atoms with Crippen molar-refractivity contribution in [1.29, 1.82) is 0 Å². The van der Waals surface area contributed by atoms with Crippen molar-refractivity contribution in [2.75, 3.05) is 13.1 Å². The third kappa shape index (κ3) is 1.76. The molecule has 0 unspecified atom stereocenters. The summed E-state index contributed by atoms with van der Waals surface area (Å²) in [6, 6.07) is 0.347. The molecule has 0 radical (unpaired) electrons. The largest absolute Gasteiger partial charge is 0.481 e. The van der Waals surface area contributed by atoms with Crippen molar-refractivity contribution < 1.29 is 14.7 Å². The maximum atomic E-state index is 12.4. The standard InChI is InChI=1S/C13H20N2O3/c16-12(17)10-5-3-6-11(10)15-8-9-4-1-2-7-14(9)13(15)18/h9-11H,1-8H2,(H,16,17)/t9-,10-,11-/m0/s1. The van der Waals surface area contributed by atoms with Crippen LogP contribution in [0.4, 0.5) is 4.79 Å². The Balaban J connectivity index is 1.76. The van der Waals surface area contributed by atoms with E-state index in [-0.39, 0.29) is 18.0 Å². The normalized spacial score (nSPS) is 36.0. The van der Waals surface area contributed by atoms with Crippen LogP contribution in [-0.4, -0.2) is 52.1 Å². The quantitative estimate of drug-likeness (QED) is 0.810. The van der Waals surface area contributed by atoms with Crippen LogP contribution in [0.25, 0.3) is 0 Å². The molecule has 3 atom stereocenters. The van der Waals surface area contributed by atoms with Crippen LogP contribution in [0.3, 0.4) is 0 Å². The van der Waals surface area contributed by atoms with Gasteiger partial charge in [0.05, 0.1) is 12.0 Å². The lowest BCUT2D eigenvalue weighted by Crippen LogP contribution is -2.43. The number of carboxylic acids is 1. The van der Waals surface area contributed by atoms with Crippen molar-refractivity contribution in [3.63, 3.8) is 0 Å². The number of fused-ring (bicyclic) bond motifs is 1. The predicted octanol–water partition coefficient (Wildman–Crippen LogP) is 1.53. The van der Waals surface area contributed by atoms with Crippen LogP contribution in [0, 0.1) is 5.92 Å². The van der Waals surface area contributed by atoms with E-state index < -0.39 is 5.97 Å². The van der Waals surface area contributed by atoms with Gasteiger partial charge in [-0.25, -0.2) is 4.79 Å². The fourth-order valence-electron chi connectivity index (χ4n) is 3.79. The van der Waals surface area contributed by atoms with E-state index >= 15 is 0 Å². The van der Waals surface area contributed by atoms with Crippen molar-refractivity contribution in [3.8, 4) is 0 Å². The number of carbonyl (C=O) groups is 2. The molecule has 2 amide bonds. The molecule has 0 aromatic carbocycles. The molecule has 0 aromatic rings. The number of urea groups is 1. The van der Waals surface area contributed by atoms with E-state index in [1.54, 1.807) is 0 Å². The molecule has 2 aliphatic heterocycles. The van der Waals surface area contributed by atoms with Gasteiger partial charge < -0.3 is 14.9 Å². The minimum atomic E-state index is -0.741. The van der Waals surface area contributed by atoms with Gasteiger partial charge in [-0.2, -0.15) is 0 Å². The number of amides is 2. The SMILES string of the molecule is O=C(O)[C@H]1CCC[C@@H]1N1C[C@@H]2CCCCN2C1=O. The number of nitrogens with zero attached hydrogens (tertiary/aromatic N) is 2. The van der Waals surface area contributed by atoms with Crippen molar-refractivity contribution in [2.45, 2.75) is 50.6 Å². The van der Waals surface area contributed by atoms with Gasteiger partial charge in [0.2, 0.25) is 0 Å². The Morgan fingerprint density at radius 2 is 1.94 bits per heavy atom. The molecule has 5 nitrogen and oxygen atoms in total. The van der Waals surface area contributed by atoms with Crippen LogP contribution in [0.2, 0.25) is 0 Å². The fraction of sp³-hybridized carbons (Fsp3) is 0.846. The van der Waals surface area contributed by atoms with Gasteiger partial charge in [-0.05, 0) is 32.1 Å². The minimum absolute atomic E-state index is 0.0689. The maximum Gasteiger partial charge on any atom is 0.320 e. The van der Waals surface area contributed by atoms with Gasteiger partial charge >= 0.3 is 12.0 Å². The second-order valence-electron chi connectivity index (χ2n) is 5.72. The predicted molar refractivity (Wildman–Crippen MR) is 65.2 cm³/mol. The molecule has 3 fully saturated rings. The molecular weight excluding hydrogens is 232 g/mol. The van der Waals surface area contributed by atoms with Gasteiger partial charge in [0.15, 0.2) is 0 Å². The summed E-state index contributed by atoms with van der Waals surface area (Å²) in [5.74, 6) is -1.09. The first-order valence-electron chi connectivity index (χ1n) is 6.98. The average Bonchev–Trinajstić information content (AvgIpc) is 2.94. The number of carboxylic acid groups (broad SMARTS) is 1. The molecule has 2 saturated heterocycles. The van der Waals surface area contributed by atoms with E-state index in [1.165, 1.54) is 6.42 Å². The van der Waals surface area contributed by atoms with Gasteiger partial charge in [-0.1, -0.05) is 6.42 Å². The summed E-state index contributed by atoms with van der Waals surface area (Å²) in [5.41, 5.74) is 0. The average molecular weight is 252 g/mol. The molecule has 0 aromatic heterocycles. The Morgan fingerprint density at radius 1 is 1.11 bits per heavy atom. The van der Waals surface area contributed by atoms with Gasteiger partial charge in [0.1, 0.15) is 0 Å². The zero-order chi connectivity index (χ0) is 12.7. The van der Waals surface area contributed by atoms with E-state index in [1.807, 2.05) is 9.80 Å². The van der Waals surface area contributed by atoms with Crippen molar-refractivity contribution >= 4 is 12.0 Å². The molecule has 100 valence electrons. The molecule has 3 aliphatic rings. The van der Waals surface area contributed by atoms with E-state index in [4.69, 9.17) is 0 Å². The van der Waals surface area contributed by atoms with Gasteiger partial charge in [0.25, 0.3) is 0 Å². The lowest BCUT2D eigenvalue weighted by atomic mass is 10.0. The van der Waals surface area contributed by atoms with Crippen LogP contribution in [0.15, 0.2) is 0 Å². The van der Waals surface area contributed by atoms with Gasteiger partial charge in [-0.15, -0.1) is 0 Å². The van der Waals surface area contributed by atoms with E-state index in [0.29, 0.717) is 12.5 Å². The lowest BCUT2D eigenvalue weighted by molar-refractivity contribution is -0.142. The molecule has 0 bridgehead atoms. The first kappa shape index (κ1) is 11.8. The van der Waals surface area contributed by atoms with E-state index in [2.05, 4.69) is 0 Å². The maximum absolute atomic E-state index is 12.4. The number of hydrogen-bond donors (Lipinski definition) is 1. The molecule has 18 heavy (non-hydrogen) atoms. The van der Waals surface area contributed by atoms with E-state index in [9.17, 15) is 14.7 Å². The lowest BCUT2D eigenvalue weighted by Gasteiger charge is -2.28. The topological polar surface area (TPSA) is 60.9 Å². The Morgan fingerprint density at radius 3 is 2.67 bits per heavy atom. The Labute approximate surface area is 107 Å². The smallest absolute Gasteiger partial charge is 0.320 e. The Bertz CT molecular complexity index is 371. The summed E-state index contributed by atoms with van der Waals surface area (Å²) < 4.78 is 0. The van der Waals surface area contributed by atoms with Crippen molar-refractivity contribution in [1.82, 2.24) is 9.80 Å². The number of carbonyl (C=O) groups excluding carboxylic acids is 1. The van der Waals surface area contributed by atoms with Crippen LogP contribution in [-0.2, 0) is 4.79 Å². The highest BCUT2D eigenvalue weighted by molar-refractivity contribution is 5.79. The number of piperidine rings is 1. The Hall–Kier alpha value is -1.26. The zero-order valence-corrected chi connectivity index (χ0v) is 10.5.